The second-order valence-corrected chi connectivity index (χ2v) is 8.53. The maximum Gasteiger partial charge on any atom is 0.274 e. The minimum absolute atomic E-state index is 0.0443. The molecule has 3 fully saturated rings. The van der Waals surface area contributed by atoms with Crippen LogP contribution in [0.15, 0.2) is 35.5 Å². The summed E-state index contributed by atoms with van der Waals surface area (Å²) in [4.78, 5) is 34.5. The van der Waals surface area contributed by atoms with Crippen LogP contribution in [0.2, 0.25) is 0 Å². The van der Waals surface area contributed by atoms with Gasteiger partial charge in [0.05, 0.1) is 35.8 Å². The van der Waals surface area contributed by atoms with Gasteiger partial charge in [0.1, 0.15) is 5.69 Å². The molecule has 2 aliphatic heterocycles. The van der Waals surface area contributed by atoms with Crippen molar-refractivity contribution in [2.75, 3.05) is 19.0 Å². The fourth-order valence-corrected chi connectivity index (χ4v) is 4.68. The van der Waals surface area contributed by atoms with Gasteiger partial charge < -0.3 is 19.4 Å². The average molecular weight is 409 g/mol. The molecule has 2 saturated heterocycles. The number of carbonyl (C=O) groups is 1. The first-order valence-electron chi connectivity index (χ1n) is 9.82. The highest BCUT2D eigenvalue weighted by Gasteiger charge is 2.61. The Kier molecular flexibility index (Phi) is 4.09. The summed E-state index contributed by atoms with van der Waals surface area (Å²) in [6.45, 7) is 2.93. The lowest BCUT2D eigenvalue weighted by Crippen LogP contribution is -2.45. The number of hydrogen-bond acceptors (Lipinski definition) is 6. The molecule has 6 rings (SSSR count). The number of aryl methyl sites for hydroxylation is 1. The van der Waals surface area contributed by atoms with Crippen LogP contribution in [0.25, 0.3) is 5.78 Å². The second-order valence-electron chi connectivity index (χ2n) is 8.53. The summed E-state index contributed by atoms with van der Waals surface area (Å²) in [7, 11) is 3.17. The molecule has 156 valence electrons. The van der Waals surface area contributed by atoms with Gasteiger partial charge in [-0.2, -0.15) is 0 Å². The molecule has 0 spiro atoms. The van der Waals surface area contributed by atoms with Crippen molar-refractivity contribution in [3.63, 3.8) is 0 Å². The lowest BCUT2D eigenvalue weighted by molar-refractivity contribution is 0.0154. The van der Waals surface area contributed by atoms with E-state index < -0.39 is 5.91 Å². The lowest BCUT2D eigenvalue weighted by atomic mass is 9.62. The van der Waals surface area contributed by atoms with Gasteiger partial charge in [-0.1, -0.05) is 0 Å². The molecule has 0 aromatic carbocycles. The number of amides is 1. The zero-order valence-electron chi connectivity index (χ0n) is 17.1. The van der Waals surface area contributed by atoms with Gasteiger partial charge in [-0.05, 0) is 31.9 Å². The number of rotatable bonds is 5. The number of anilines is 1. The summed E-state index contributed by atoms with van der Waals surface area (Å²) >= 11 is 0. The molecule has 5 heterocycles. The van der Waals surface area contributed by atoms with Crippen molar-refractivity contribution < 1.29 is 14.3 Å². The van der Waals surface area contributed by atoms with E-state index in [0.717, 1.165) is 18.5 Å². The fraction of sp³-hybridized carbons (Fsp3) is 0.429. The predicted octanol–water partition coefficient (Wildman–Crippen LogP) is 1.65. The molecule has 3 aromatic heterocycles. The van der Waals surface area contributed by atoms with Crippen molar-refractivity contribution in [1.82, 2.24) is 18.9 Å². The zero-order chi connectivity index (χ0) is 21.1. The summed E-state index contributed by atoms with van der Waals surface area (Å²) in [6, 6.07) is 3.27. The topological polar surface area (TPSA) is 99.8 Å². The molecule has 0 radical (unpaired) electrons. The number of fused-ring (bicyclic) bond motifs is 2. The number of methoxy groups -OCH3 is 1. The smallest absolute Gasteiger partial charge is 0.274 e. The van der Waals surface area contributed by atoms with Gasteiger partial charge in [0.15, 0.2) is 0 Å². The first-order valence-corrected chi connectivity index (χ1v) is 9.82. The number of imidazole rings is 1. The second kappa shape index (κ2) is 6.48. The number of pyridine rings is 1. The Morgan fingerprint density at radius 2 is 2.13 bits per heavy atom. The summed E-state index contributed by atoms with van der Waals surface area (Å²) in [5, 5.41) is 2.69. The molecule has 3 aliphatic rings. The molecule has 0 atom stereocenters. The molecular formula is C21H23N5O4. The van der Waals surface area contributed by atoms with Crippen molar-refractivity contribution in [3.8, 4) is 0 Å². The van der Waals surface area contributed by atoms with Gasteiger partial charge in [-0.3, -0.25) is 14.0 Å². The Labute approximate surface area is 172 Å². The molecule has 2 bridgehead atoms. The third-order valence-corrected chi connectivity index (χ3v) is 6.09. The SMILES string of the molecule is COCc1nc2nc(C34COC(C)(C3)C4)cn2cc1C(=O)Nc1cccn(C)c1=O. The number of nitrogens with zero attached hydrogens (tertiary/aromatic N) is 4. The largest absolute Gasteiger partial charge is 0.378 e. The third kappa shape index (κ3) is 2.85. The van der Waals surface area contributed by atoms with E-state index in [9.17, 15) is 9.59 Å². The molecule has 1 saturated carbocycles. The Morgan fingerprint density at radius 1 is 1.33 bits per heavy atom. The molecule has 9 nitrogen and oxygen atoms in total. The van der Waals surface area contributed by atoms with Crippen molar-refractivity contribution in [2.45, 2.75) is 37.4 Å². The van der Waals surface area contributed by atoms with Crippen LogP contribution in [-0.2, 0) is 28.5 Å². The van der Waals surface area contributed by atoms with Crippen LogP contribution in [0.4, 0.5) is 5.69 Å². The first kappa shape index (κ1) is 19.0. The Balaban J connectivity index is 1.52. The van der Waals surface area contributed by atoms with E-state index >= 15 is 0 Å². The van der Waals surface area contributed by atoms with Crippen LogP contribution < -0.4 is 10.9 Å². The standard InChI is InChI=1S/C21H23N5O4/c1-20-10-21(11-20,12-30-20)16-8-26-7-13(15(9-29-3)23-19(26)24-16)17(27)22-14-5-4-6-25(2)18(14)28/h4-8H,9-12H2,1-3H3,(H,22,27). The molecule has 1 amide bonds. The minimum Gasteiger partial charge on any atom is -0.378 e. The Hall–Kier alpha value is -3.04. The number of nitrogens with one attached hydrogen (secondary N) is 1. The zero-order valence-corrected chi connectivity index (χ0v) is 17.1. The molecule has 9 heteroatoms. The summed E-state index contributed by atoms with van der Waals surface area (Å²) in [5.74, 6) is 0.0904. The van der Waals surface area contributed by atoms with Crippen LogP contribution in [-0.4, -0.2) is 44.2 Å². The first-order chi connectivity index (χ1) is 14.3. The highest BCUT2D eigenvalue weighted by Crippen LogP contribution is 2.58. The van der Waals surface area contributed by atoms with Gasteiger partial charge >= 0.3 is 0 Å². The number of ether oxygens (including phenoxy) is 2. The maximum atomic E-state index is 13.0. The van der Waals surface area contributed by atoms with E-state index in [4.69, 9.17) is 14.5 Å². The van der Waals surface area contributed by atoms with Gasteiger partial charge in [-0.25, -0.2) is 9.97 Å². The molecular weight excluding hydrogens is 386 g/mol. The van der Waals surface area contributed by atoms with Crippen LogP contribution in [0.1, 0.15) is 41.5 Å². The van der Waals surface area contributed by atoms with E-state index in [0.29, 0.717) is 23.6 Å². The Morgan fingerprint density at radius 3 is 2.83 bits per heavy atom. The van der Waals surface area contributed by atoms with Crippen molar-refractivity contribution in [1.29, 1.82) is 0 Å². The number of aromatic nitrogens is 4. The van der Waals surface area contributed by atoms with Crippen LogP contribution in [0.5, 0.6) is 0 Å². The van der Waals surface area contributed by atoms with Gasteiger partial charge in [0.2, 0.25) is 5.78 Å². The average Bonchev–Trinajstić information content (AvgIpc) is 3.35. The number of hydrogen-bond donors (Lipinski definition) is 1. The normalized spacial score (nSPS) is 24.8. The van der Waals surface area contributed by atoms with Gasteiger partial charge in [0.25, 0.3) is 11.5 Å². The highest BCUT2D eigenvalue weighted by molar-refractivity contribution is 6.04. The Bertz CT molecular complexity index is 1220. The van der Waals surface area contributed by atoms with E-state index in [2.05, 4.69) is 17.2 Å². The summed E-state index contributed by atoms with van der Waals surface area (Å²) in [6.07, 6.45) is 7.14. The van der Waals surface area contributed by atoms with E-state index in [1.807, 2.05) is 6.20 Å². The lowest BCUT2D eigenvalue weighted by Gasteiger charge is -2.41. The molecule has 30 heavy (non-hydrogen) atoms. The maximum absolute atomic E-state index is 13.0. The van der Waals surface area contributed by atoms with Gasteiger partial charge in [0, 0.05) is 38.2 Å². The van der Waals surface area contributed by atoms with Crippen molar-refractivity contribution in [3.05, 3.63) is 58.0 Å². The van der Waals surface area contributed by atoms with Crippen molar-refractivity contribution in [2.24, 2.45) is 7.05 Å². The quantitative estimate of drug-likeness (QED) is 0.688. The molecule has 0 unspecified atom stereocenters. The summed E-state index contributed by atoms with van der Waals surface area (Å²) < 4.78 is 14.3. The van der Waals surface area contributed by atoms with E-state index in [1.165, 1.54) is 4.57 Å². The van der Waals surface area contributed by atoms with E-state index in [-0.39, 0.29) is 28.9 Å². The monoisotopic (exact) mass is 409 g/mol. The van der Waals surface area contributed by atoms with Crippen molar-refractivity contribution >= 4 is 17.4 Å². The number of carbonyl (C=O) groups excluding carboxylic acids is 1. The van der Waals surface area contributed by atoms with Crippen LogP contribution >= 0.6 is 0 Å². The molecule has 3 aromatic rings. The minimum atomic E-state index is -0.423. The van der Waals surface area contributed by atoms with Crippen LogP contribution in [0, 0.1) is 0 Å². The van der Waals surface area contributed by atoms with E-state index in [1.54, 1.807) is 43.1 Å². The van der Waals surface area contributed by atoms with Gasteiger partial charge in [-0.15, -0.1) is 0 Å². The molecule has 1 N–H and O–H groups in total. The third-order valence-electron chi connectivity index (χ3n) is 6.09. The van der Waals surface area contributed by atoms with Crippen LogP contribution in [0.3, 0.4) is 0 Å². The fourth-order valence-electron chi connectivity index (χ4n) is 4.68. The highest BCUT2D eigenvalue weighted by atomic mass is 16.5. The predicted molar refractivity (Wildman–Crippen MR) is 109 cm³/mol. The summed E-state index contributed by atoms with van der Waals surface area (Å²) in [5.41, 5.74) is 1.54. The molecule has 1 aliphatic carbocycles.